The number of fused-ring (bicyclic) bond motifs is 1. The van der Waals surface area contributed by atoms with Crippen LogP contribution in [0.5, 0.6) is 11.5 Å². The van der Waals surface area contributed by atoms with E-state index in [-0.39, 0.29) is 39.6 Å². The normalized spacial score (nSPS) is 20.9. The molecule has 0 radical (unpaired) electrons. The molecule has 3 aromatic rings. The van der Waals surface area contributed by atoms with E-state index < -0.39 is 40.6 Å². The third-order valence-electron chi connectivity index (χ3n) is 6.20. The van der Waals surface area contributed by atoms with Gasteiger partial charge in [-0.05, 0) is 58.7 Å². The van der Waals surface area contributed by atoms with Gasteiger partial charge in [-0.25, -0.2) is 14.4 Å². The van der Waals surface area contributed by atoms with E-state index in [1.165, 1.54) is 47.5 Å². The zero-order valence-corrected chi connectivity index (χ0v) is 20.8. The Labute approximate surface area is 218 Å². The quantitative estimate of drug-likeness (QED) is 0.257. The number of hydroxylamine groups is 1. The number of phenols is 1. The van der Waals surface area contributed by atoms with Gasteiger partial charge in [0.1, 0.15) is 11.7 Å². The number of nitro groups is 1. The molecule has 0 spiro atoms. The first-order chi connectivity index (χ1) is 17.7. The monoisotopic (exact) mass is 571 g/mol. The Morgan fingerprint density at radius 1 is 1.14 bits per heavy atom. The molecule has 2 amide bonds. The van der Waals surface area contributed by atoms with E-state index in [9.17, 15) is 29.2 Å². The lowest BCUT2D eigenvalue weighted by Gasteiger charge is -2.29. The fourth-order valence-electron chi connectivity index (χ4n) is 4.62. The molecule has 1 N–H and O–H groups in total. The number of non-ortho nitro benzene ring substituents is 1. The molecule has 0 aromatic heterocycles. The maximum absolute atomic E-state index is 14.6. The number of amides is 2. The first kappa shape index (κ1) is 24.7. The number of nitrogens with zero attached hydrogens (tertiary/aromatic N) is 3. The van der Waals surface area contributed by atoms with Crippen molar-refractivity contribution >= 4 is 44.8 Å². The molecule has 3 atom stereocenters. The number of imide groups is 1. The third kappa shape index (κ3) is 4.07. The molecule has 3 aromatic carbocycles. The fourth-order valence-corrected chi connectivity index (χ4v) is 5.08. The predicted molar refractivity (Wildman–Crippen MR) is 133 cm³/mol. The number of ether oxygens (including phenoxy) is 1. The first-order valence-electron chi connectivity index (χ1n) is 11.2. The zero-order valence-electron chi connectivity index (χ0n) is 19.2. The van der Waals surface area contributed by atoms with Crippen molar-refractivity contribution in [3.05, 3.63) is 86.6 Å². The van der Waals surface area contributed by atoms with Crippen LogP contribution in [-0.2, 0) is 14.4 Å². The van der Waals surface area contributed by atoms with Crippen molar-refractivity contribution in [1.29, 1.82) is 0 Å². The molecule has 0 aliphatic carbocycles. The van der Waals surface area contributed by atoms with Crippen LogP contribution in [0.25, 0.3) is 0 Å². The van der Waals surface area contributed by atoms with Crippen molar-refractivity contribution < 1.29 is 33.6 Å². The molecule has 12 heteroatoms. The number of halogens is 2. The Morgan fingerprint density at radius 3 is 2.59 bits per heavy atom. The average molecular weight is 572 g/mol. The van der Waals surface area contributed by atoms with E-state index in [2.05, 4.69) is 15.9 Å². The van der Waals surface area contributed by atoms with Gasteiger partial charge in [0.05, 0.1) is 33.4 Å². The molecule has 5 rings (SSSR count). The van der Waals surface area contributed by atoms with Gasteiger partial charge in [0.2, 0.25) is 5.91 Å². The summed E-state index contributed by atoms with van der Waals surface area (Å²) in [5.41, 5.74) is 0.236. The molecular weight excluding hydrogens is 553 g/mol. The maximum Gasteiger partial charge on any atom is 0.271 e. The van der Waals surface area contributed by atoms with Gasteiger partial charge >= 0.3 is 0 Å². The number of carbonyl (C=O) groups is 2. The summed E-state index contributed by atoms with van der Waals surface area (Å²) in [6, 6.07) is 13.1. The van der Waals surface area contributed by atoms with Crippen LogP contribution < -0.4 is 14.7 Å². The largest absolute Gasteiger partial charge is 0.503 e. The lowest BCUT2D eigenvalue weighted by molar-refractivity contribution is -0.384. The summed E-state index contributed by atoms with van der Waals surface area (Å²) in [5.74, 6) is -3.37. The van der Waals surface area contributed by atoms with Gasteiger partial charge in [-0.3, -0.25) is 24.5 Å². The average Bonchev–Trinajstić information content (AvgIpc) is 3.38. The molecule has 10 nitrogen and oxygen atoms in total. The van der Waals surface area contributed by atoms with Gasteiger partial charge in [0.25, 0.3) is 11.6 Å². The van der Waals surface area contributed by atoms with Crippen LogP contribution in [0.1, 0.15) is 18.5 Å². The van der Waals surface area contributed by atoms with Gasteiger partial charge in [-0.2, -0.15) is 0 Å². The summed E-state index contributed by atoms with van der Waals surface area (Å²) >= 11 is 3.29. The Bertz CT molecular complexity index is 1440. The highest BCUT2D eigenvalue weighted by atomic mass is 79.9. The second-order valence-electron chi connectivity index (χ2n) is 8.35. The second-order valence-corrected chi connectivity index (χ2v) is 9.20. The highest BCUT2D eigenvalue weighted by Crippen LogP contribution is 2.50. The Morgan fingerprint density at radius 2 is 1.89 bits per heavy atom. The van der Waals surface area contributed by atoms with E-state index in [4.69, 9.17) is 9.57 Å². The van der Waals surface area contributed by atoms with Crippen molar-refractivity contribution in [2.45, 2.75) is 19.1 Å². The van der Waals surface area contributed by atoms with Crippen molar-refractivity contribution in [3.63, 3.8) is 0 Å². The van der Waals surface area contributed by atoms with Crippen molar-refractivity contribution in [2.24, 2.45) is 5.92 Å². The van der Waals surface area contributed by atoms with Gasteiger partial charge in [-0.15, -0.1) is 0 Å². The number of carbonyl (C=O) groups excluding carboxylic acids is 2. The first-order valence-corrected chi connectivity index (χ1v) is 12.0. The van der Waals surface area contributed by atoms with E-state index in [0.717, 1.165) is 11.0 Å². The molecule has 0 unspecified atom stereocenters. The highest BCUT2D eigenvalue weighted by Gasteiger charge is 2.60. The molecule has 2 aliphatic heterocycles. The number of phenolic OH excluding ortho intramolecular Hbond substituents is 1. The smallest absolute Gasteiger partial charge is 0.271 e. The summed E-state index contributed by atoms with van der Waals surface area (Å²) in [6.07, 6.45) is -1.32. The van der Waals surface area contributed by atoms with E-state index in [1.807, 2.05) is 0 Å². The summed E-state index contributed by atoms with van der Waals surface area (Å²) in [4.78, 5) is 44.6. The molecule has 2 aliphatic rings. The number of hydrogen-bond donors (Lipinski definition) is 1. The summed E-state index contributed by atoms with van der Waals surface area (Å²) in [7, 11) is 0. The summed E-state index contributed by atoms with van der Waals surface area (Å²) in [5, 5.41) is 23.1. The van der Waals surface area contributed by atoms with Crippen LogP contribution in [0.3, 0.4) is 0 Å². The molecule has 2 heterocycles. The van der Waals surface area contributed by atoms with Crippen molar-refractivity contribution in [3.8, 4) is 11.5 Å². The van der Waals surface area contributed by atoms with Crippen LogP contribution in [0, 0.1) is 21.8 Å². The number of aromatic hydroxyl groups is 1. The van der Waals surface area contributed by atoms with Gasteiger partial charge in [0, 0.05) is 12.1 Å². The standard InChI is InChI=1S/C25H19BrFN3O7/c1-2-36-19-11-13(10-16(26)22(19)31)21-20-23(37-29(21)14-6-5-7-15(12-14)30(34)35)25(33)28(24(20)32)18-9-4-3-8-17(18)27/h3-12,20-21,23,31H,2H2,1H3/t20-,21+,23+/m0/s1. The lowest BCUT2D eigenvalue weighted by atomic mass is 9.90. The Hall–Kier alpha value is -4.03. The number of rotatable bonds is 6. The van der Waals surface area contributed by atoms with Crippen LogP contribution in [0.15, 0.2) is 65.1 Å². The van der Waals surface area contributed by atoms with Gasteiger partial charge in [-0.1, -0.05) is 18.2 Å². The SMILES string of the molecule is CCOc1cc([C@@H]2[C@@H]3C(=O)N(c4ccccc4F)C(=O)[C@@H]3ON2c2cccc([N+](=O)[O-])c2)cc(Br)c1O. The van der Waals surface area contributed by atoms with Crippen LogP contribution in [-0.4, -0.2) is 34.6 Å². The molecular formula is C25H19BrFN3O7. The van der Waals surface area contributed by atoms with Crippen LogP contribution in [0.4, 0.5) is 21.5 Å². The van der Waals surface area contributed by atoms with Gasteiger partial charge < -0.3 is 9.84 Å². The van der Waals surface area contributed by atoms with E-state index >= 15 is 0 Å². The Balaban J connectivity index is 1.65. The maximum atomic E-state index is 14.6. The van der Waals surface area contributed by atoms with Crippen LogP contribution in [0.2, 0.25) is 0 Å². The minimum atomic E-state index is -1.32. The van der Waals surface area contributed by atoms with Crippen LogP contribution >= 0.6 is 15.9 Å². The molecule has 2 fully saturated rings. The fraction of sp³-hybridized carbons (Fsp3) is 0.200. The number of nitro benzene ring substituents is 1. The predicted octanol–water partition coefficient (Wildman–Crippen LogP) is 4.65. The van der Waals surface area contributed by atoms with Crippen molar-refractivity contribution in [2.75, 3.05) is 16.6 Å². The molecule has 2 saturated heterocycles. The topological polar surface area (TPSA) is 122 Å². The molecule has 37 heavy (non-hydrogen) atoms. The number of hydrogen-bond acceptors (Lipinski definition) is 8. The Kier molecular flexibility index (Phi) is 6.30. The van der Waals surface area contributed by atoms with E-state index in [1.54, 1.807) is 19.1 Å². The minimum absolute atomic E-state index is 0.122. The molecule has 0 saturated carbocycles. The number of benzene rings is 3. The van der Waals surface area contributed by atoms with Gasteiger partial charge in [0.15, 0.2) is 17.6 Å². The summed E-state index contributed by atoms with van der Waals surface area (Å²) < 4.78 is 20.4. The number of anilines is 2. The van der Waals surface area contributed by atoms with Crippen molar-refractivity contribution in [1.82, 2.24) is 0 Å². The van der Waals surface area contributed by atoms with E-state index in [0.29, 0.717) is 5.56 Å². The zero-order chi connectivity index (χ0) is 26.4. The molecule has 190 valence electrons. The molecule has 0 bridgehead atoms. The minimum Gasteiger partial charge on any atom is -0.503 e. The third-order valence-corrected chi connectivity index (χ3v) is 6.80. The lowest BCUT2D eigenvalue weighted by Crippen LogP contribution is -2.37. The summed E-state index contributed by atoms with van der Waals surface area (Å²) in [6.45, 7) is 1.97. The number of para-hydroxylation sites is 1. The second kappa shape index (κ2) is 9.45. The highest BCUT2D eigenvalue weighted by molar-refractivity contribution is 9.10.